The van der Waals surface area contributed by atoms with Crippen LogP contribution in [0.15, 0.2) is 30.3 Å². The maximum absolute atomic E-state index is 14.3. The highest BCUT2D eigenvalue weighted by molar-refractivity contribution is 7.92. The summed E-state index contributed by atoms with van der Waals surface area (Å²) >= 11 is 0. The summed E-state index contributed by atoms with van der Waals surface area (Å²) in [6.45, 7) is 4.94. The minimum atomic E-state index is -4.60. The quantitative estimate of drug-likeness (QED) is 0.384. The number of carbonyl (C=O) groups is 1. The van der Waals surface area contributed by atoms with E-state index in [0.29, 0.717) is 11.1 Å². The van der Waals surface area contributed by atoms with Crippen molar-refractivity contribution in [3.63, 3.8) is 0 Å². The van der Waals surface area contributed by atoms with Gasteiger partial charge in [-0.1, -0.05) is 6.07 Å². The van der Waals surface area contributed by atoms with Crippen LogP contribution in [0.4, 0.5) is 29.1 Å². The predicted molar refractivity (Wildman–Crippen MR) is 118 cm³/mol. The molecule has 0 saturated heterocycles. The number of aryl methyl sites for hydroxylation is 1. The first-order chi connectivity index (χ1) is 15.2. The molecule has 1 aromatic carbocycles. The van der Waals surface area contributed by atoms with Crippen molar-refractivity contribution in [2.45, 2.75) is 39.5 Å². The van der Waals surface area contributed by atoms with E-state index in [0.717, 1.165) is 24.5 Å². The van der Waals surface area contributed by atoms with Crippen molar-refractivity contribution >= 4 is 33.5 Å². The fourth-order valence-electron chi connectivity index (χ4n) is 2.80. The Balaban J connectivity index is 2.13. The van der Waals surface area contributed by atoms with Gasteiger partial charge in [-0.25, -0.2) is 17.8 Å². The Morgan fingerprint density at radius 3 is 2.42 bits per heavy atom. The van der Waals surface area contributed by atoms with Gasteiger partial charge in [0.05, 0.1) is 11.9 Å². The Morgan fingerprint density at radius 2 is 1.88 bits per heavy atom. The molecule has 0 saturated carbocycles. The van der Waals surface area contributed by atoms with Crippen LogP contribution >= 0.6 is 0 Å². The fraction of sp³-hybridized carbons (Fsp3) is 0.333. The van der Waals surface area contributed by atoms with E-state index >= 15 is 0 Å². The van der Waals surface area contributed by atoms with Gasteiger partial charge < -0.3 is 10.6 Å². The molecule has 0 atom stereocenters. The third-order valence-electron chi connectivity index (χ3n) is 4.16. The molecule has 12 heteroatoms. The van der Waals surface area contributed by atoms with E-state index in [1.165, 1.54) is 25.1 Å². The Hall–Kier alpha value is -3.15. The lowest BCUT2D eigenvalue weighted by Gasteiger charge is -2.14. The average Bonchev–Trinajstić information content (AvgIpc) is 2.66. The van der Waals surface area contributed by atoms with E-state index in [1.807, 2.05) is 0 Å². The average molecular weight is 489 g/mol. The molecule has 180 valence electrons. The van der Waals surface area contributed by atoms with Gasteiger partial charge in [-0.15, -0.1) is 0 Å². The number of nitrogens with one attached hydrogen (secondary N) is 3. The first-order valence-electron chi connectivity index (χ1n) is 9.73. The Labute approximate surface area is 189 Å². The summed E-state index contributed by atoms with van der Waals surface area (Å²) in [5, 5.41) is 5.35. The second-order valence-corrected chi connectivity index (χ2v) is 9.37. The third-order valence-corrected chi connectivity index (χ3v) is 4.73. The second kappa shape index (κ2) is 10.2. The van der Waals surface area contributed by atoms with E-state index in [4.69, 9.17) is 0 Å². The fourth-order valence-corrected chi connectivity index (χ4v) is 3.43. The van der Waals surface area contributed by atoms with Gasteiger partial charge in [0.15, 0.2) is 0 Å². The molecule has 2 aromatic rings. The summed E-state index contributed by atoms with van der Waals surface area (Å²) < 4.78 is 77.9. The van der Waals surface area contributed by atoms with Crippen LogP contribution in [0.1, 0.15) is 36.2 Å². The molecule has 2 rings (SSSR count). The first-order valence-corrected chi connectivity index (χ1v) is 11.6. The van der Waals surface area contributed by atoms with Gasteiger partial charge in [0.2, 0.25) is 15.9 Å². The molecule has 7 nitrogen and oxygen atoms in total. The van der Waals surface area contributed by atoms with Crippen LogP contribution in [0.2, 0.25) is 0 Å². The second-order valence-electron chi connectivity index (χ2n) is 7.63. The van der Waals surface area contributed by atoms with E-state index < -0.39 is 33.6 Å². The molecule has 0 aliphatic rings. The van der Waals surface area contributed by atoms with E-state index in [2.05, 4.69) is 20.3 Å². The van der Waals surface area contributed by atoms with Crippen LogP contribution in [-0.2, 0) is 27.5 Å². The number of amides is 1. The van der Waals surface area contributed by atoms with Crippen molar-refractivity contribution in [1.82, 2.24) is 10.3 Å². The lowest BCUT2D eigenvalue weighted by Crippen LogP contribution is -2.21. The minimum Gasteiger partial charge on any atom is -0.367 e. The number of alkyl halides is 3. The van der Waals surface area contributed by atoms with Gasteiger partial charge in [-0.2, -0.15) is 13.2 Å². The largest absolute Gasteiger partial charge is 0.433 e. The molecular formula is C21H24F4N4O3S. The van der Waals surface area contributed by atoms with E-state index in [1.54, 1.807) is 13.8 Å². The zero-order valence-electron chi connectivity index (χ0n) is 18.3. The van der Waals surface area contributed by atoms with Crippen molar-refractivity contribution < 1.29 is 30.8 Å². The molecule has 33 heavy (non-hydrogen) atoms. The van der Waals surface area contributed by atoms with Crippen LogP contribution < -0.4 is 15.4 Å². The summed E-state index contributed by atoms with van der Waals surface area (Å²) in [4.78, 5) is 15.8. The number of halogens is 4. The minimum absolute atomic E-state index is 0.0180. The predicted octanol–water partition coefficient (Wildman–Crippen LogP) is 4.07. The number of sulfonamides is 1. The van der Waals surface area contributed by atoms with Crippen LogP contribution in [-0.4, -0.2) is 31.6 Å². The van der Waals surface area contributed by atoms with Crippen molar-refractivity contribution in [2.75, 3.05) is 16.3 Å². The smallest absolute Gasteiger partial charge is 0.367 e. The number of nitrogens with zero attached hydrogens (tertiary/aromatic N) is 1. The first kappa shape index (κ1) is 26.1. The van der Waals surface area contributed by atoms with Gasteiger partial charge in [0.1, 0.15) is 17.3 Å². The summed E-state index contributed by atoms with van der Waals surface area (Å²) in [5.74, 6) is -1.38. The lowest BCUT2D eigenvalue weighted by atomic mass is 10.1. The van der Waals surface area contributed by atoms with E-state index in [9.17, 15) is 30.8 Å². The molecular weight excluding hydrogens is 464 g/mol. The summed E-state index contributed by atoms with van der Waals surface area (Å²) in [6.07, 6.45) is -1.26. The molecule has 0 spiro atoms. The summed E-state index contributed by atoms with van der Waals surface area (Å²) in [6, 6.07) is 4.44. The number of pyridine rings is 1. The van der Waals surface area contributed by atoms with Gasteiger partial charge >= 0.3 is 6.18 Å². The molecule has 0 radical (unpaired) electrons. The standard InChI is InChI=1S/C21H24F4N4O3S/c1-12(2)27-20-15(5-7-17(28-20)21(23,24)25)6-8-18(30)26-11-14-9-13(3)19(16(22)10-14)29-33(4,31)32/h5-10,12,29H,11H2,1-4H3,(H,26,30)(H,27,28)/b8-6-. The van der Waals surface area contributed by atoms with Gasteiger partial charge in [0, 0.05) is 24.2 Å². The molecule has 1 aromatic heterocycles. The maximum atomic E-state index is 14.3. The normalized spacial score (nSPS) is 12.3. The topological polar surface area (TPSA) is 100 Å². The van der Waals surface area contributed by atoms with Crippen molar-refractivity contribution in [1.29, 1.82) is 0 Å². The number of anilines is 2. The number of rotatable bonds is 8. The number of hydrogen-bond donors (Lipinski definition) is 3. The molecule has 1 heterocycles. The van der Waals surface area contributed by atoms with Crippen molar-refractivity contribution in [2.24, 2.45) is 0 Å². The summed E-state index contributed by atoms with van der Waals surface area (Å²) in [5.41, 5.74) is -0.222. The molecule has 0 aliphatic carbocycles. The molecule has 0 unspecified atom stereocenters. The Kier molecular flexibility index (Phi) is 8.06. The number of benzene rings is 1. The number of carbonyl (C=O) groups excluding carboxylic acids is 1. The van der Waals surface area contributed by atoms with Crippen molar-refractivity contribution in [3.8, 4) is 0 Å². The van der Waals surface area contributed by atoms with E-state index in [-0.39, 0.29) is 29.7 Å². The van der Waals surface area contributed by atoms with Gasteiger partial charge in [0.25, 0.3) is 0 Å². The molecule has 0 aliphatic heterocycles. The molecule has 3 N–H and O–H groups in total. The van der Waals surface area contributed by atoms with Crippen LogP contribution in [0.5, 0.6) is 0 Å². The molecule has 0 bridgehead atoms. The zero-order valence-corrected chi connectivity index (χ0v) is 19.2. The highest BCUT2D eigenvalue weighted by atomic mass is 32.2. The molecule has 1 amide bonds. The Bertz CT molecular complexity index is 1140. The van der Waals surface area contributed by atoms with Crippen LogP contribution in [0, 0.1) is 12.7 Å². The van der Waals surface area contributed by atoms with Gasteiger partial charge in [-0.3, -0.25) is 9.52 Å². The van der Waals surface area contributed by atoms with Gasteiger partial charge in [-0.05, 0) is 56.2 Å². The number of aromatic nitrogens is 1. The lowest BCUT2D eigenvalue weighted by molar-refractivity contribution is -0.141. The van der Waals surface area contributed by atoms with Crippen LogP contribution in [0.25, 0.3) is 6.08 Å². The SMILES string of the molecule is Cc1cc(CNC(=O)/C=C\c2ccc(C(F)(F)F)nc2NC(C)C)cc(F)c1NS(C)(=O)=O. The molecule has 0 fully saturated rings. The summed E-state index contributed by atoms with van der Waals surface area (Å²) in [7, 11) is -3.66. The monoisotopic (exact) mass is 488 g/mol. The van der Waals surface area contributed by atoms with Crippen LogP contribution in [0.3, 0.4) is 0 Å². The van der Waals surface area contributed by atoms with Crippen molar-refractivity contribution in [3.05, 3.63) is 58.5 Å². The maximum Gasteiger partial charge on any atom is 0.433 e. The highest BCUT2D eigenvalue weighted by Gasteiger charge is 2.33. The zero-order chi connectivity index (χ0) is 25.0. The highest BCUT2D eigenvalue weighted by Crippen LogP contribution is 2.30. The Morgan fingerprint density at radius 1 is 1.21 bits per heavy atom. The number of hydrogen-bond acceptors (Lipinski definition) is 5. The third kappa shape index (κ3) is 8.04.